The molecule has 0 aliphatic heterocycles. The quantitative estimate of drug-likeness (QED) is 0.712. The Morgan fingerprint density at radius 2 is 1.83 bits per heavy atom. The second-order valence-corrected chi connectivity index (χ2v) is 3.88. The summed E-state index contributed by atoms with van der Waals surface area (Å²) in [4.78, 5) is 15.0. The number of hydrogen-bond donors (Lipinski definition) is 1. The van der Waals surface area contributed by atoms with Gasteiger partial charge in [0, 0.05) is 0 Å². The largest absolute Gasteiger partial charge is 0.327 e. The summed E-state index contributed by atoms with van der Waals surface area (Å²) in [5, 5.41) is 2.70. The number of amides is 1. The molecule has 1 amide bonds. The minimum atomic E-state index is 0.679. The Bertz CT molecular complexity index is 703. The monoisotopic (exact) mass is 237 g/mol. The summed E-state index contributed by atoms with van der Waals surface area (Å²) < 4.78 is 1.96. The second kappa shape index (κ2) is 4.33. The minimum Gasteiger partial charge on any atom is -0.327 e. The van der Waals surface area contributed by atoms with Crippen LogP contribution in [0.2, 0.25) is 0 Å². The molecule has 3 rings (SSSR count). The van der Waals surface area contributed by atoms with Gasteiger partial charge in [-0.1, -0.05) is 24.3 Å². The van der Waals surface area contributed by atoms with Gasteiger partial charge in [0.2, 0.25) is 6.41 Å². The highest BCUT2D eigenvalue weighted by molar-refractivity contribution is 5.82. The first kappa shape index (κ1) is 10.5. The van der Waals surface area contributed by atoms with Crippen molar-refractivity contribution in [1.29, 1.82) is 0 Å². The summed E-state index contributed by atoms with van der Waals surface area (Å²) in [5.74, 6) is 0. The number of fused-ring (bicyclic) bond motifs is 1. The number of nitrogens with one attached hydrogen (secondary N) is 1. The molecule has 0 saturated carbocycles. The molecule has 1 heterocycles. The second-order valence-electron chi connectivity index (χ2n) is 3.88. The zero-order valence-corrected chi connectivity index (χ0v) is 9.58. The third kappa shape index (κ3) is 1.64. The predicted octanol–water partition coefficient (Wildman–Crippen LogP) is 2.59. The highest BCUT2D eigenvalue weighted by Crippen LogP contribution is 2.23. The zero-order valence-electron chi connectivity index (χ0n) is 9.58. The summed E-state index contributed by atoms with van der Waals surface area (Å²) in [6.07, 6.45) is 2.44. The fraction of sp³-hybridized carbons (Fsp3) is 0. The lowest BCUT2D eigenvalue weighted by atomic mass is 10.2. The Hall–Kier alpha value is -2.62. The topological polar surface area (TPSA) is 46.9 Å². The molecule has 1 N–H and O–H groups in total. The molecule has 0 spiro atoms. The summed E-state index contributed by atoms with van der Waals surface area (Å²) in [6.45, 7) is 0. The number of rotatable bonds is 3. The van der Waals surface area contributed by atoms with Crippen molar-refractivity contribution in [2.45, 2.75) is 0 Å². The third-order valence-electron chi connectivity index (χ3n) is 2.83. The van der Waals surface area contributed by atoms with E-state index in [1.54, 1.807) is 6.33 Å². The van der Waals surface area contributed by atoms with Gasteiger partial charge in [0.25, 0.3) is 0 Å². The molecule has 0 bridgehead atoms. The number of para-hydroxylation sites is 4. The van der Waals surface area contributed by atoms with Crippen molar-refractivity contribution >= 4 is 23.1 Å². The molecule has 0 atom stereocenters. The van der Waals surface area contributed by atoms with E-state index in [0.717, 1.165) is 22.4 Å². The van der Waals surface area contributed by atoms with Crippen molar-refractivity contribution in [3.05, 3.63) is 54.9 Å². The van der Waals surface area contributed by atoms with Crippen LogP contribution in [0.3, 0.4) is 0 Å². The molecule has 0 saturated heterocycles. The number of benzene rings is 2. The molecule has 0 radical (unpaired) electrons. The van der Waals surface area contributed by atoms with Crippen LogP contribution in [0, 0.1) is 0 Å². The van der Waals surface area contributed by atoms with Crippen molar-refractivity contribution in [2.24, 2.45) is 0 Å². The van der Waals surface area contributed by atoms with Gasteiger partial charge in [-0.3, -0.25) is 9.36 Å². The maximum atomic E-state index is 10.6. The first-order valence-corrected chi connectivity index (χ1v) is 5.62. The van der Waals surface area contributed by atoms with Gasteiger partial charge in [-0.2, -0.15) is 0 Å². The first-order valence-electron chi connectivity index (χ1n) is 5.62. The first-order chi connectivity index (χ1) is 8.90. The molecular weight excluding hydrogens is 226 g/mol. The van der Waals surface area contributed by atoms with Gasteiger partial charge in [-0.05, 0) is 24.3 Å². The van der Waals surface area contributed by atoms with Crippen LogP contribution < -0.4 is 5.32 Å². The molecule has 1 aromatic heterocycles. The number of carbonyl (C=O) groups is 1. The van der Waals surface area contributed by atoms with Crippen molar-refractivity contribution in [1.82, 2.24) is 9.55 Å². The van der Waals surface area contributed by atoms with Crippen LogP contribution in [0.15, 0.2) is 54.9 Å². The number of imidazole rings is 1. The van der Waals surface area contributed by atoms with Gasteiger partial charge in [0.15, 0.2) is 0 Å². The highest BCUT2D eigenvalue weighted by atomic mass is 16.1. The minimum absolute atomic E-state index is 0.679. The van der Waals surface area contributed by atoms with E-state index in [9.17, 15) is 4.79 Å². The fourth-order valence-electron chi connectivity index (χ4n) is 2.02. The van der Waals surface area contributed by atoms with E-state index in [1.807, 2.05) is 53.1 Å². The van der Waals surface area contributed by atoms with E-state index in [-0.39, 0.29) is 0 Å². The Balaban J connectivity index is 2.23. The van der Waals surface area contributed by atoms with Gasteiger partial charge in [0.1, 0.15) is 6.33 Å². The predicted molar refractivity (Wildman–Crippen MR) is 70.8 cm³/mol. The van der Waals surface area contributed by atoms with Gasteiger partial charge < -0.3 is 5.32 Å². The smallest absolute Gasteiger partial charge is 0.211 e. The fourth-order valence-corrected chi connectivity index (χ4v) is 2.02. The molecule has 18 heavy (non-hydrogen) atoms. The molecule has 0 aliphatic carbocycles. The molecule has 4 nitrogen and oxygen atoms in total. The van der Waals surface area contributed by atoms with E-state index in [4.69, 9.17) is 0 Å². The van der Waals surface area contributed by atoms with Crippen LogP contribution >= 0.6 is 0 Å². The zero-order chi connectivity index (χ0) is 12.4. The van der Waals surface area contributed by atoms with E-state index in [0.29, 0.717) is 6.41 Å². The maximum Gasteiger partial charge on any atom is 0.211 e. The summed E-state index contributed by atoms with van der Waals surface area (Å²) in [5.41, 5.74) is 3.60. The molecule has 0 unspecified atom stereocenters. The van der Waals surface area contributed by atoms with E-state index in [2.05, 4.69) is 10.3 Å². The number of hydrogen-bond acceptors (Lipinski definition) is 2. The van der Waals surface area contributed by atoms with E-state index in [1.165, 1.54) is 0 Å². The van der Waals surface area contributed by atoms with Crippen LogP contribution in [0.5, 0.6) is 0 Å². The highest BCUT2D eigenvalue weighted by Gasteiger charge is 2.07. The number of anilines is 1. The molecule has 0 aliphatic rings. The van der Waals surface area contributed by atoms with E-state index < -0.39 is 0 Å². The maximum absolute atomic E-state index is 10.6. The van der Waals surface area contributed by atoms with E-state index >= 15 is 0 Å². The van der Waals surface area contributed by atoms with Gasteiger partial charge in [0.05, 0.1) is 22.4 Å². The van der Waals surface area contributed by atoms with Crippen LogP contribution in [-0.4, -0.2) is 16.0 Å². The van der Waals surface area contributed by atoms with Gasteiger partial charge >= 0.3 is 0 Å². The van der Waals surface area contributed by atoms with Crippen LogP contribution in [-0.2, 0) is 4.79 Å². The Morgan fingerprint density at radius 1 is 1.06 bits per heavy atom. The number of nitrogens with zero attached hydrogens (tertiary/aromatic N) is 2. The van der Waals surface area contributed by atoms with Crippen LogP contribution in [0.25, 0.3) is 16.7 Å². The average Bonchev–Trinajstić information content (AvgIpc) is 2.84. The van der Waals surface area contributed by atoms with Gasteiger partial charge in [-0.25, -0.2) is 4.98 Å². The number of carbonyl (C=O) groups excluding carboxylic acids is 1. The normalized spacial score (nSPS) is 10.4. The van der Waals surface area contributed by atoms with Crippen molar-refractivity contribution in [3.63, 3.8) is 0 Å². The lowest BCUT2D eigenvalue weighted by Gasteiger charge is -2.09. The van der Waals surface area contributed by atoms with Gasteiger partial charge in [-0.15, -0.1) is 0 Å². The summed E-state index contributed by atoms with van der Waals surface area (Å²) >= 11 is 0. The van der Waals surface area contributed by atoms with Crippen molar-refractivity contribution in [2.75, 3.05) is 5.32 Å². The average molecular weight is 237 g/mol. The molecular formula is C14H11N3O. The SMILES string of the molecule is O=CNc1ccccc1-n1cnc2ccccc21. The lowest BCUT2D eigenvalue weighted by Crippen LogP contribution is -2.01. The Labute approximate surface area is 104 Å². The summed E-state index contributed by atoms with van der Waals surface area (Å²) in [7, 11) is 0. The molecule has 3 aromatic rings. The van der Waals surface area contributed by atoms with Crippen molar-refractivity contribution < 1.29 is 4.79 Å². The molecule has 0 fully saturated rings. The van der Waals surface area contributed by atoms with Crippen LogP contribution in [0.1, 0.15) is 0 Å². The molecule has 2 aromatic carbocycles. The van der Waals surface area contributed by atoms with Crippen LogP contribution in [0.4, 0.5) is 5.69 Å². The third-order valence-corrected chi connectivity index (χ3v) is 2.83. The molecule has 4 heteroatoms. The number of aromatic nitrogens is 2. The lowest BCUT2D eigenvalue weighted by molar-refractivity contribution is -0.105. The molecule has 88 valence electrons. The Morgan fingerprint density at radius 3 is 2.72 bits per heavy atom. The Kier molecular flexibility index (Phi) is 2.53. The standard InChI is InChI=1S/C14H11N3O/c18-10-16-12-6-2-4-8-14(12)17-9-15-11-5-1-3-7-13(11)17/h1-10H,(H,16,18). The van der Waals surface area contributed by atoms with Crippen molar-refractivity contribution in [3.8, 4) is 5.69 Å². The summed E-state index contributed by atoms with van der Waals surface area (Å²) in [6, 6.07) is 15.5.